The Bertz CT molecular complexity index is 1340. The second-order valence-corrected chi connectivity index (χ2v) is 7.29. The molecule has 124 valence electrons. The van der Waals surface area contributed by atoms with E-state index >= 15 is 0 Å². The molecule has 1 aromatic heterocycles. The van der Waals surface area contributed by atoms with Gasteiger partial charge in [-0.2, -0.15) is 0 Å². The number of hydrogen-bond acceptors (Lipinski definition) is 0. The normalized spacial score (nSPS) is 12.8. The SMILES string of the molecule is CCn1c2ccccc2c2ccc3cc4c(cc3c21)-c1ccccc1C4. The fourth-order valence-electron chi connectivity index (χ4n) is 4.84. The van der Waals surface area contributed by atoms with Crippen molar-refractivity contribution >= 4 is 32.6 Å². The molecule has 0 unspecified atom stereocenters. The van der Waals surface area contributed by atoms with E-state index in [1.54, 1.807) is 0 Å². The van der Waals surface area contributed by atoms with Gasteiger partial charge in [-0.05, 0) is 53.1 Å². The van der Waals surface area contributed by atoms with Gasteiger partial charge in [0.15, 0.2) is 0 Å². The minimum Gasteiger partial charge on any atom is -0.340 e. The molecule has 1 aliphatic rings. The highest BCUT2D eigenvalue weighted by molar-refractivity contribution is 6.18. The van der Waals surface area contributed by atoms with Gasteiger partial charge in [0.2, 0.25) is 0 Å². The largest absolute Gasteiger partial charge is 0.340 e. The maximum Gasteiger partial charge on any atom is 0.0571 e. The molecule has 0 spiro atoms. The predicted octanol–water partition coefficient (Wildman–Crippen LogP) is 6.54. The molecule has 0 radical (unpaired) electrons. The van der Waals surface area contributed by atoms with Gasteiger partial charge >= 0.3 is 0 Å². The third-order valence-electron chi connectivity index (χ3n) is 5.97. The first-order valence-electron chi connectivity index (χ1n) is 9.40. The third kappa shape index (κ3) is 1.70. The third-order valence-corrected chi connectivity index (χ3v) is 5.97. The summed E-state index contributed by atoms with van der Waals surface area (Å²) >= 11 is 0. The van der Waals surface area contributed by atoms with Crippen molar-refractivity contribution in [3.8, 4) is 11.1 Å². The summed E-state index contributed by atoms with van der Waals surface area (Å²) in [6, 6.07) is 27.1. The van der Waals surface area contributed by atoms with E-state index in [0.717, 1.165) is 13.0 Å². The van der Waals surface area contributed by atoms with E-state index in [1.165, 1.54) is 54.8 Å². The number of aryl methyl sites for hydroxylation is 1. The molecule has 4 aromatic carbocycles. The smallest absolute Gasteiger partial charge is 0.0571 e. The second-order valence-electron chi connectivity index (χ2n) is 7.29. The first-order valence-corrected chi connectivity index (χ1v) is 9.40. The van der Waals surface area contributed by atoms with Gasteiger partial charge in [0, 0.05) is 28.2 Å². The quantitative estimate of drug-likeness (QED) is 0.322. The van der Waals surface area contributed by atoms with E-state index in [-0.39, 0.29) is 0 Å². The molecule has 0 atom stereocenters. The van der Waals surface area contributed by atoms with Crippen LogP contribution >= 0.6 is 0 Å². The molecule has 0 N–H and O–H groups in total. The van der Waals surface area contributed by atoms with Crippen molar-refractivity contribution < 1.29 is 0 Å². The van der Waals surface area contributed by atoms with Gasteiger partial charge in [-0.1, -0.05) is 60.7 Å². The van der Waals surface area contributed by atoms with Crippen LogP contribution in [0.5, 0.6) is 0 Å². The number of fused-ring (bicyclic) bond motifs is 8. The minimum absolute atomic E-state index is 0.983. The molecule has 0 saturated heterocycles. The Balaban J connectivity index is 1.80. The van der Waals surface area contributed by atoms with Gasteiger partial charge in [-0.15, -0.1) is 0 Å². The number of para-hydroxylation sites is 1. The van der Waals surface area contributed by atoms with Crippen LogP contribution in [0.2, 0.25) is 0 Å². The lowest BCUT2D eigenvalue weighted by molar-refractivity contribution is 0.829. The van der Waals surface area contributed by atoms with Crippen LogP contribution in [0, 0.1) is 0 Å². The molecule has 26 heavy (non-hydrogen) atoms. The Morgan fingerprint density at radius 1 is 0.731 bits per heavy atom. The molecule has 1 nitrogen and oxygen atoms in total. The Labute approximate surface area is 152 Å². The van der Waals surface area contributed by atoms with E-state index < -0.39 is 0 Å². The molecule has 0 saturated carbocycles. The molecule has 0 bridgehead atoms. The molecule has 5 aromatic rings. The van der Waals surface area contributed by atoms with E-state index in [1.807, 2.05) is 0 Å². The van der Waals surface area contributed by atoms with Crippen LogP contribution in [-0.2, 0) is 13.0 Å². The fourth-order valence-corrected chi connectivity index (χ4v) is 4.84. The standard InChI is InChI=1S/C25H19N/c1-2-26-24-10-6-5-9-20(24)21-12-11-17-14-18-13-16-7-3-4-8-19(16)22(18)15-23(17)25(21)26/h3-12,14-15H,2,13H2,1H3. The topological polar surface area (TPSA) is 4.93 Å². The maximum atomic E-state index is 2.47. The van der Waals surface area contributed by atoms with Crippen molar-refractivity contribution in [2.24, 2.45) is 0 Å². The summed E-state index contributed by atoms with van der Waals surface area (Å²) in [6.45, 7) is 3.23. The molecular formula is C25H19N. The Morgan fingerprint density at radius 3 is 2.50 bits per heavy atom. The summed E-state index contributed by atoms with van der Waals surface area (Å²) in [4.78, 5) is 0. The molecule has 0 fully saturated rings. The van der Waals surface area contributed by atoms with Gasteiger partial charge in [-0.25, -0.2) is 0 Å². The first kappa shape index (κ1) is 14.1. The van der Waals surface area contributed by atoms with Crippen molar-refractivity contribution in [3.05, 3.63) is 83.9 Å². The number of rotatable bonds is 1. The van der Waals surface area contributed by atoms with Crippen LogP contribution in [-0.4, -0.2) is 4.57 Å². The molecule has 1 aliphatic carbocycles. The van der Waals surface area contributed by atoms with Crippen LogP contribution in [0.15, 0.2) is 72.8 Å². The number of aromatic nitrogens is 1. The number of nitrogens with zero attached hydrogens (tertiary/aromatic N) is 1. The van der Waals surface area contributed by atoms with Crippen molar-refractivity contribution in [2.45, 2.75) is 19.9 Å². The van der Waals surface area contributed by atoms with Crippen molar-refractivity contribution in [2.75, 3.05) is 0 Å². The summed E-state index contributed by atoms with van der Waals surface area (Å²) in [6.07, 6.45) is 1.05. The van der Waals surface area contributed by atoms with Crippen LogP contribution in [0.4, 0.5) is 0 Å². The summed E-state index contributed by atoms with van der Waals surface area (Å²) in [7, 11) is 0. The Kier molecular flexibility index (Phi) is 2.71. The number of hydrogen-bond donors (Lipinski definition) is 0. The zero-order valence-electron chi connectivity index (χ0n) is 14.8. The van der Waals surface area contributed by atoms with E-state index in [2.05, 4.69) is 84.3 Å². The minimum atomic E-state index is 0.983. The van der Waals surface area contributed by atoms with Crippen molar-refractivity contribution in [1.82, 2.24) is 4.57 Å². The lowest BCUT2D eigenvalue weighted by Gasteiger charge is -2.09. The second kappa shape index (κ2) is 4.98. The van der Waals surface area contributed by atoms with Crippen LogP contribution in [0.3, 0.4) is 0 Å². The van der Waals surface area contributed by atoms with Gasteiger partial charge < -0.3 is 4.57 Å². The first-order chi connectivity index (χ1) is 12.8. The van der Waals surface area contributed by atoms with E-state index in [0.29, 0.717) is 0 Å². The number of benzene rings is 4. The highest BCUT2D eigenvalue weighted by Gasteiger charge is 2.20. The van der Waals surface area contributed by atoms with Gasteiger partial charge in [0.05, 0.1) is 5.52 Å². The van der Waals surface area contributed by atoms with Gasteiger partial charge in [0.1, 0.15) is 0 Å². The van der Waals surface area contributed by atoms with E-state index in [4.69, 9.17) is 0 Å². The molecule has 1 heterocycles. The van der Waals surface area contributed by atoms with Crippen LogP contribution in [0.1, 0.15) is 18.1 Å². The lowest BCUT2D eigenvalue weighted by atomic mass is 9.98. The summed E-state index contributed by atoms with van der Waals surface area (Å²) in [5.41, 5.74) is 8.42. The summed E-state index contributed by atoms with van der Waals surface area (Å²) < 4.78 is 2.47. The maximum absolute atomic E-state index is 2.47. The molecule has 0 amide bonds. The lowest BCUT2D eigenvalue weighted by Crippen LogP contribution is -1.94. The monoisotopic (exact) mass is 333 g/mol. The Morgan fingerprint density at radius 2 is 1.58 bits per heavy atom. The molecular weight excluding hydrogens is 314 g/mol. The zero-order valence-corrected chi connectivity index (χ0v) is 14.8. The van der Waals surface area contributed by atoms with Crippen LogP contribution < -0.4 is 0 Å². The van der Waals surface area contributed by atoms with E-state index in [9.17, 15) is 0 Å². The average molecular weight is 333 g/mol. The summed E-state index contributed by atoms with van der Waals surface area (Å²) in [5.74, 6) is 0. The summed E-state index contributed by atoms with van der Waals surface area (Å²) in [5, 5.41) is 5.44. The average Bonchev–Trinajstić information content (AvgIpc) is 3.21. The molecule has 0 aliphatic heterocycles. The highest BCUT2D eigenvalue weighted by Crippen LogP contribution is 2.41. The molecule has 6 rings (SSSR count). The fraction of sp³-hybridized carbons (Fsp3) is 0.120. The highest BCUT2D eigenvalue weighted by atomic mass is 15.0. The van der Waals surface area contributed by atoms with Gasteiger partial charge in [-0.3, -0.25) is 0 Å². The van der Waals surface area contributed by atoms with Crippen molar-refractivity contribution in [3.63, 3.8) is 0 Å². The van der Waals surface area contributed by atoms with Crippen molar-refractivity contribution in [1.29, 1.82) is 0 Å². The zero-order chi connectivity index (χ0) is 17.3. The Hall–Kier alpha value is -3.06. The molecule has 1 heteroatoms. The van der Waals surface area contributed by atoms with Crippen LogP contribution in [0.25, 0.3) is 43.7 Å². The predicted molar refractivity (Wildman–Crippen MR) is 111 cm³/mol. The van der Waals surface area contributed by atoms with Gasteiger partial charge in [0.25, 0.3) is 0 Å².